The average molecular weight is 278 g/mol. The highest BCUT2D eigenvalue weighted by Crippen LogP contribution is 2.39. The largest absolute Gasteiger partial charge is 0.328 e. The third-order valence-corrected chi connectivity index (χ3v) is 4.83. The van der Waals surface area contributed by atoms with Gasteiger partial charge in [-0.3, -0.25) is 4.68 Å². The molecule has 0 aromatic carbocycles. The minimum absolute atomic E-state index is 0.393. The van der Waals surface area contributed by atoms with E-state index in [0.717, 1.165) is 34.6 Å². The second-order valence-electron chi connectivity index (χ2n) is 6.16. The van der Waals surface area contributed by atoms with Crippen molar-refractivity contribution in [2.75, 3.05) is 0 Å². The number of aromatic nitrogens is 4. The number of H-pyrrole nitrogens is 1. The van der Waals surface area contributed by atoms with Crippen molar-refractivity contribution in [1.29, 1.82) is 0 Å². The van der Waals surface area contributed by atoms with E-state index in [-0.39, 0.29) is 0 Å². The highest BCUT2D eigenvalue weighted by Gasteiger charge is 2.30. The lowest BCUT2D eigenvalue weighted by molar-refractivity contribution is 0.282. The topological polar surface area (TPSA) is 38.5 Å². The Morgan fingerprint density at radius 3 is 2.68 bits per heavy atom. The van der Waals surface area contributed by atoms with Gasteiger partial charge in [-0.25, -0.2) is 0 Å². The van der Waals surface area contributed by atoms with E-state index in [1.54, 1.807) is 0 Å². The van der Waals surface area contributed by atoms with E-state index < -0.39 is 0 Å². The molecule has 3 rings (SSSR count). The van der Waals surface area contributed by atoms with Crippen LogP contribution >= 0.6 is 12.2 Å². The quantitative estimate of drug-likeness (QED) is 0.872. The second kappa shape index (κ2) is 4.47. The van der Waals surface area contributed by atoms with Crippen molar-refractivity contribution >= 4 is 23.4 Å². The van der Waals surface area contributed by atoms with Gasteiger partial charge in [0.1, 0.15) is 5.52 Å². The van der Waals surface area contributed by atoms with Crippen molar-refractivity contribution in [3.05, 3.63) is 10.5 Å². The Balaban J connectivity index is 2.10. The van der Waals surface area contributed by atoms with Crippen molar-refractivity contribution in [3.8, 4) is 0 Å². The van der Waals surface area contributed by atoms with Crippen LogP contribution in [0.15, 0.2) is 0 Å². The number of aryl methyl sites for hydroxylation is 2. The first-order chi connectivity index (χ1) is 9.04. The summed E-state index contributed by atoms with van der Waals surface area (Å²) in [5.41, 5.74) is 3.77. The van der Waals surface area contributed by atoms with E-state index in [1.807, 2.05) is 11.7 Å². The Bertz CT molecular complexity index is 655. The van der Waals surface area contributed by atoms with Gasteiger partial charge in [-0.1, -0.05) is 26.7 Å². The van der Waals surface area contributed by atoms with Crippen LogP contribution in [0.3, 0.4) is 0 Å². The van der Waals surface area contributed by atoms with Crippen molar-refractivity contribution < 1.29 is 0 Å². The lowest BCUT2D eigenvalue weighted by atomic mass is 9.89. The number of nitrogens with zero attached hydrogens (tertiary/aromatic N) is 3. The molecule has 0 spiro atoms. The Labute approximate surface area is 118 Å². The summed E-state index contributed by atoms with van der Waals surface area (Å²) >= 11 is 5.52. The molecule has 104 valence electrons. The first-order valence-corrected chi connectivity index (χ1v) is 7.59. The molecule has 0 unspecified atom stereocenters. The molecule has 2 heterocycles. The van der Waals surface area contributed by atoms with Crippen LogP contribution in [0.5, 0.6) is 0 Å². The van der Waals surface area contributed by atoms with Gasteiger partial charge < -0.3 is 9.55 Å². The number of aromatic amines is 1. The molecule has 0 amide bonds. The van der Waals surface area contributed by atoms with E-state index in [9.17, 15) is 0 Å². The molecular weight excluding hydrogens is 256 g/mol. The van der Waals surface area contributed by atoms with Gasteiger partial charge in [0.15, 0.2) is 10.4 Å². The maximum atomic E-state index is 5.52. The van der Waals surface area contributed by atoms with Crippen LogP contribution in [0.2, 0.25) is 0 Å². The molecule has 0 aliphatic heterocycles. The van der Waals surface area contributed by atoms with Crippen molar-refractivity contribution in [3.63, 3.8) is 0 Å². The van der Waals surface area contributed by atoms with Gasteiger partial charge in [-0.2, -0.15) is 5.10 Å². The third-order valence-electron chi connectivity index (χ3n) is 4.51. The molecule has 1 N–H and O–H groups in total. The van der Waals surface area contributed by atoms with E-state index in [1.165, 1.54) is 25.7 Å². The predicted octanol–water partition coefficient (Wildman–Crippen LogP) is 3.58. The molecular formula is C14H22N4S. The van der Waals surface area contributed by atoms with E-state index >= 15 is 0 Å². The SMILES string of the molecule is CCc1nn(C)c2c1[nH]c(=S)n2CC1(C)CCCC1. The average Bonchev–Trinajstić information content (AvgIpc) is 3.00. The lowest BCUT2D eigenvalue weighted by Gasteiger charge is -2.24. The number of rotatable bonds is 3. The maximum Gasteiger partial charge on any atom is 0.179 e. The molecule has 0 bridgehead atoms. The van der Waals surface area contributed by atoms with Crippen LogP contribution in [0.25, 0.3) is 11.2 Å². The smallest absolute Gasteiger partial charge is 0.179 e. The molecule has 2 aromatic heterocycles. The zero-order valence-corrected chi connectivity index (χ0v) is 12.8. The Morgan fingerprint density at radius 2 is 2.05 bits per heavy atom. The molecule has 1 aliphatic rings. The number of fused-ring (bicyclic) bond motifs is 1. The fourth-order valence-electron chi connectivity index (χ4n) is 3.44. The molecule has 0 atom stereocenters. The van der Waals surface area contributed by atoms with Crippen LogP contribution in [0.1, 0.15) is 45.2 Å². The molecule has 19 heavy (non-hydrogen) atoms. The summed E-state index contributed by atoms with van der Waals surface area (Å²) in [6.45, 7) is 5.53. The summed E-state index contributed by atoms with van der Waals surface area (Å²) in [5, 5.41) is 4.59. The summed E-state index contributed by atoms with van der Waals surface area (Å²) in [6.07, 6.45) is 6.25. The van der Waals surface area contributed by atoms with Crippen LogP contribution in [-0.4, -0.2) is 19.3 Å². The Kier molecular flexibility index (Phi) is 3.04. The van der Waals surface area contributed by atoms with Gasteiger partial charge in [0.05, 0.1) is 5.69 Å². The van der Waals surface area contributed by atoms with Crippen LogP contribution in [0, 0.1) is 10.2 Å². The van der Waals surface area contributed by atoms with E-state index in [4.69, 9.17) is 12.2 Å². The van der Waals surface area contributed by atoms with Crippen LogP contribution in [0.4, 0.5) is 0 Å². The minimum atomic E-state index is 0.393. The van der Waals surface area contributed by atoms with Crippen molar-refractivity contribution in [1.82, 2.24) is 19.3 Å². The molecule has 0 saturated heterocycles. The van der Waals surface area contributed by atoms with E-state index in [2.05, 4.69) is 28.5 Å². The standard InChI is InChI=1S/C14H22N4S/c1-4-10-11-12(17(3)16-10)18(13(19)15-11)9-14(2)7-5-6-8-14/h4-9H2,1-3H3,(H,15,19). The third kappa shape index (κ3) is 2.04. The number of hydrogen-bond donors (Lipinski definition) is 1. The molecule has 5 heteroatoms. The van der Waals surface area contributed by atoms with Crippen LogP contribution in [-0.2, 0) is 20.0 Å². The van der Waals surface area contributed by atoms with Crippen molar-refractivity contribution in [2.45, 2.75) is 52.5 Å². The van der Waals surface area contributed by atoms with Gasteiger partial charge in [-0.05, 0) is 36.9 Å². The molecule has 4 nitrogen and oxygen atoms in total. The lowest BCUT2D eigenvalue weighted by Crippen LogP contribution is -2.20. The first-order valence-electron chi connectivity index (χ1n) is 7.18. The molecule has 1 aliphatic carbocycles. The van der Waals surface area contributed by atoms with E-state index in [0.29, 0.717) is 5.41 Å². The van der Waals surface area contributed by atoms with Gasteiger partial charge >= 0.3 is 0 Å². The minimum Gasteiger partial charge on any atom is -0.328 e. The number of imidazole rings is 1. The normalized spacial score (nSPS) is 18.5. The first kappa shape index (κ1) is 12.9. The number of nitrogens with one attached hydrogen (secondary N) is 1. The highest BCUT2D eigenvalue weighted by molar-refractivity contribution is 7.71. The molecule has 1 fully saturated rings. The number of hydrogen-bond acceptors (Lipinski definition) is 2. The fourth-order valence-corrected chi connectivity index (χ4v) is 3.69. The summed E-state index contributed by atoms with van der Waals surface area (Å²) in [5.74, 6) is 0. The molecule has 2 aromatic rings. The highest BCUT2D eigenvalue weighted by atomic mass is 32.1. The van der Waals surface area contributed by atoms with Crippen LogP contribution < -0.4 is 0 Å². The zero-order chi connectivity index (χ0) is 13.6. The van der Waals surface area contributed by atoms with Gasteiger partial charge in [0.2, 0.25) is 0 Å². The summed E-state index contributed by atoms with van der Waals surface area (Å²) in [7, 11) is 2.01. The summed E-state index contributed by atoms with van der Waals surface area (Å²) in [6, 6.07) is 0. The maximum absolute atomic E-state index is 5.52. The monoisotopic (exact) mass is 278 g/mol. The van der Waals surface area contributed by atoms with Gasteiger partial charge in [0.25, 0.3) is 0 Å². The fraction of sp³-hybridized carbons (Fsp3) is 0.714. The van der Waals surface area contributed by atoms with Crippen molar-refractivity contribution in [2.24, 2.45) is 12.5 Å². The zero-order valence-electron chi connectivity index (χ0n) is 12.0. The summed E-state index contributed by atoms with van der Waals surface area (Å²) in [4.78, 5) is 3.35. The second-order valence-corrected chi connectivity index (χ2v) is 6.54. The van der Waals surface area contributed by atoms with Gasteiger partial charge in [-0.15, -0.1) is 0 Å². The Morgan fingerprint density at radius 1 is 1.37 bits per heavy atom. The van der Waals surface area contributed by atoms with Gasteiger partial charge in [0, 0.05) is 13.6 Å². The Hall–Kier alpha value is -1.10. The predicted molar refractivity (Wildman–Crippen MR) is 79.8 cm³/mol. The molecule has 0 radical (unpaired) electrons. The molecule has 1 saturated carbocycles. The summed E-state index contributed by atoms with van der Waals surface area (Å²) < 4.78 is 5.06.